The van der Waals surface area contributed by atoms with Crippen LogP contribution in [0.3, 0.4) is 0 Å². The van der Waals surface area contributed by atoms with E-state index in [1.807, 2.05) is 38.1 Å². The molecule has 0 bridgehead atoms. The van der Waals surface area contributed by atoms with Crippen LogP contribution in [0, 0.1) is 0 Å². The quantitative estimate of drug-likeness (QED) is 0.758. The Morgan fingerprint density at radius 2 is 2.04 bits per heavy atom. The van der Waals surface area contributed by atoms with Crippen molar-refractivity contribution < 1.29 is 9.59 Å². The smallest absolute Gasteiger partial charge is 0.242 e. The van der Waals surface area contributed by atoms with Gasteiger partial charge in [0.1, 0.15) is 6.04 Å². The lowest BCUT2D eigenvalue weighted by molar-refractivity contribution is -0.140. The second kappa shape index (κ2) is 9.21. The van der Waals surface area contributed by atoms with E-state index >= 15 is 0 Å². The summed E-state index contributed by atoms with van der Waals surface area (Å²) in [5.41, 5.74) is 1.02. The first-order valence-corrected chi connectivity index (χ1v) is 9.65. The van der Waals surface area contributed by atoms with Crippen molar-refractivity contribution in [2.45, 2.75) is 71.0 Å². The molecule has 132 valence electrons. The van der Waals surface area contributed by atoms with Crippen molar-refractivity contribution in [3.63, 3.8) is 0 Å². The van der Waals surface area contributed by atoms with E-state index in [2.05, 4.69) is 21.2 Å². The van der Waals surface area contributed by atoms with Gasteiger partial charge in [0.15, 0.2) is 0 Å². The Bertz CT molecular complexity index is 570. The highest BCUT2D eigenvalue weighted by Crippen LogP contribution is 2.19. The van der Waals surface area contributed by atoms with Gasteiger partial charge in [0.05, 0.1) is 0 Å². The van der Waals surface area contributed by atoms with Crippen LogP contribution in [0.2, 0.25) is 0 Å². The van der Waals surface area contributed by atoms with E-state index in [9.17, 15) is 9.59 Å². The second-order valence-electron chi connectivity index (χ2n) is 6.57. The van der Waals surface area contributed by atoms with Gasteiger partial charge in [0.25, 0.3) is 0 Å². The number of rotatable bonds is 7. The van der Waals surface area contributed by atoms with E-state index in [1.54, 1.807) is 4.90 Å². The van der Waals surface area contributed by atoms with E-state index < -0.39 is 6.04 Å². The zero-order chi connectivity index (χ0) is 17.5. The lowest BCUT2D eigenvalue weighted by atomic mass is 10.1. The third kappa shape index (κ3) is 5.33. The molecule has 2 amide bonds. The molecule has 0 unspecified atom stereocenters. The maximum absolute atomic E-state index is 12.6. The number of carbonyl (C=O) groups is 2. The van der Waals surface area contributed by atoms with Crippen molar-refractivity contribution in [2.24, 2.45) is 0 Å². The van der Waals surface area contributed by atoms with Crippen molar-refractivity contribution in [1.82, 2.24) is 10.2 Å². The van der Waals surface area contributed by atoms with Crippen LogP contribution in [0.4, 0.5) is 0 Å². The highest BCUT2D eigenvalue weighted by molar-refractivity contribution is 9.10. The van der Waals surface area contributed by atoms with Gasteiger partial charge in [-0.15, -0.1) is 0 Å². The van der Waals surface area contributed by atoms with Crippen molar-refractivity contribution in [2.75, 3.05) is 0 Å². The molecule has 0 aliphatic heterocycles. The summed E-state index contributed by atoms with van der Waals surface area (Å²) in [5, 5.41) is 3.11. The van der Waals surface area contributed by atoms with E-state index in [4.69, 9.17) is 0 Å². The average molecular weight is 395 g/mol. The van der Waals surface area contributed by atoms with Crippen LogP contribution >= 0.6 is 15.9 Å². The highest BCUT2D eigenvalue weighted by Gasteiger charge is 2.27. The largest absolute Gasteiger partial charge is 0.352 e. The molecule has 0 aromatic heterocycles. The van der Waals surface area contributed by atoms with E-state index in [0.29, 0.717) is 13.0 Å². The number of nitrogens with zero attached hydrogens (tertiary/aromatic N) is 1. The minimum Gasteiger partial charge on any atom is -0.352 e. The summed E-state index contributed by atoms with van der Waals surface area (Å²) in [5.74, 6) is -0.00658. The number of amides is 2. The van der Waals surface area contributed by atoms with E-state index in [-0.39, 0.29) is 17.9 Å². The molecule has 0 radical (unpaired) electrons. The predicted molar refractivity (Wildman–Crippen MR) is 99.5 cm³/mol. The number of hydrogen-bond donors (Lipinski definition) is 1. The highest BCUT2D eigenvalue weighted by atomic mass is 79.9. The standard InChI is InChI=1S/C19H27BrN2O2/c1-3-7-18(23)22(13-15-8-6-9-16(20)12-15)14(2)19(24)21-17-10-4-5-11-17/h6,8-9,12,14,17H,3-5,7,10-11,13H2,1-2H3,(H,21,24)/t14-/m0/s1. The first-order chi connectivity index (χ1) is 11.5. The van der Waals surface area contributed by atoms with E-state index in [1.165, 1.54) is 12.8 Å². The summed E-state index contributed by atoms with van der Waals surface area (Å²) in [6.45, 7) is 4.27. The van der Waals surface area contributed by atoms with Gasteiger partial charge >= 0.3 is 0 Å². The van der Waals surface area contributed by atoms with Crippen LogP contribution in [0.5, 0.6) is 0 Å². The molecule has 5 heteroatoms. The fourth-order valence-electron chi connectivity index (χ4n) is 3.16. The molecule has 1 aromatic carbocycles. The minimum atomic E-state index is -0.455. The van der Waals surface area contributed by atoms with Gasteiger partial charge in [-0.3, -0.25) is 9.59 Å². The Balaban J connectivity index is 2.08. The number of nitrogens with one attached hydrogen (secondary N) is 1. The lowest BCUT2D eigenvalue weighted by Crippen LogP contribution is -2.49. The lowest BCUT2D eigenvalue weighted by Gasteiger charge is -2.29. The molecule has 1 saturated carbocycles. The molecule has 1 aliphatic carbocycles. The van der Waals surface area contributed by atoms with Gasteiger partial charge in [0, 0.05) is 23.5 Å². The normalized spacial score (nSPS) is 16.0. The van der Waals surface area contributed by atoms with E-state index in [0.717, 1.165) is 29.3 Å². The zero-order valence-electron chi connectivity index (χ0n) is 14.6. The number of carbonyl (C=O) groups excluding carboxylic acids is 2. The van der Waals surface area contributed by atoms with Crippen LogP contribution in [-0.2, 0) is 16.1 Å². The SMILES string of the molecule is CCCC(=O)N(Cc1cccc(Br)c1)[C@@H](C)C(=O)NC1CCCC1. The molecule has 2 rings (SSSR count). The molecule has 24 heavy (non-hydrogen) atoms. The van der Waals surface area contributed by atoms with Gasteiger partial charge in [-0.2, -0.15) is 0 Å². The van der Waals surface area contributed by atoms with Gasteiger partial charge < -0.3 is 10.2 Å². The third-order valence-electron chi connectivity index (χ3n) is 4.57. The summed E-state index contributed by atoms with van der Waals surface area (Å²) in [7, 11) is 0. The Morgan fingerprint density at radius 1 is 1.33 bits per heavy atom. The Labute approximate surface area is 153 Å². The molecule has 1 fully saturated rings. The molecule has 4 nitrogen and oxygen atoms in total. The maximum Gasteiger partial charge on any atom is 0.242 e. The first-order valence-electron chi connectivity index (χ1n) is 8.85. The Kier molecular flexibility index (Phi) is 7.28. The molecule has 1 N–H and O–H groups in total. The number of benzene rings is 1. The fourth-order valence-corrected chi connectivity index (χ4v) is 3.61. The maximum atomic E-state index is 12.6. The average Bonchev–Trinajstić information content (AvgIpc) is 3.05. The molecular formula is C19H27BrN2O2. The van der Waals surface area contributed by atoms with Crippen LogP contribution in [0.25, 0.3) is 0 Å². The van der Waals surface area contributed by atoms with Crippen LogP contribution in [0.15, 0.2) is 28.7 Å². The summed E-state index contributed by atoms with van der Waals surface area (Å²) in [6.07, 6.45) is 5.70. The Morgan fingerprint density at radius 3 is 2.67 bits per heavy atom. The Hall–Kier alpha value is -1.36. The summed E-state index contributed by atoms with van der Waals surface area (Å²) < 4.78 is 0.978. The molecule has 0 spiro atoms. The topological polar surface area (TPSA) is 49.4 Å². The van der Waals surface area contributed by atoms with Gasteiger partial charge in [-0.25, -0.2) is 0 Å². The number of hydrogen-bond acceptors (Lipinski definition) is 2. The number of halogens is 1. The molecule has 0 saturated heterocycles. The third-order valence-corrected chi connectivity index (χ3v) is 5.07. The molecule has 0 heterocycles. The van der Waals surface area contributed by atoms with Crippen LogP contribution in [-0.4, -0.2) is 28.8 Å². The van der Waals surface area contributed by atoms with Gasteiger partial charge in [-0.05, 0) is 43.9 Å². The fraction of sp³-hybridized carbons (Fsp3) is 0.579. The van der Waals surface area contributed by atoms with Crippen molar-refractivity contribution in [3.8, 4) is 0 Å². The molecule has 1 aliphatic rings. The zero-order valence-corrected chi connectivity index (χ0v) is 16.1. The van der Waals surface area contributed by atoms with Crippen molar-refractivity contribution in [1.29, 1.82) is 0 Å². The van der Waals surface area contributed by atoms with Crippen LogP contribution < -0.4 is 5.32 Å². The summed E-state index contributed by atoms with van der Waals surface area (Å²) in [4.78, 5) is 26.8. The van der Waals surface area contributed by atoms with Crippen molar-refractivity contribution in [3.05, 3.63) is 34.3 Å². The van der Waals surface area contributed by atoms with Crippen LogP contribution in [0.1, 0.15) is 57.9 Å². The minimum absolute atomic E-state index is 0.0338. The molecule has 1 aromatic rings. The molecular weight excluding hydrogens is 368 g/mol. The predicted octanol–water partition coefficient (Wildman–Crippen LogP) is 4.03. The summed E-state index contributed by atoms with van der Waals surface area (Å²) >= 11 is 3.46. The van der Waals surface area contributed by atoms with Crippen molar-refractivity contribution >= 4 is 27.7 Å². The monoisotopic (exact) mass is 394 g/mol. The molecule has 1 atom stereocenters. The second-order valence-corrected chi connectivity index (χ2v) is 7.48. The first kappa shape index (κ1) is 19.0. The van der Waals surface area contributed by atoms with Gasteiger partial charge in [0.2, 0.25) is 11.8 Å². The summed E-state index contributed by atoms with van der Waals surface area (Å²) in [6, 6.07) is 7.70. The van der Waals surface area contributed by atoms with Gasteiger partial charge in [-0.1, -0.05) is 47.8 Å².